The van der Waals surface area contributed by atoms with Gasteiger partial charge in [-0.2, -0.15) is 5.26 Å². The smallest absolute Gasteiger partial charge is 0.255 e. The fraction of sp³-hybridized carbons (Fsp3) is 0.364. The topological polar surface area (TPSA) is 101 Å². The molecule has 0 aliphatic carbocycles. The van der Waals surface area contributed by atoms with Crippen LogP contribution in [0.2, 0.25) is 0 Å². The number of hydrogen-bond donors (Lipinski definition) is 2. The van der Waals surface area contributed by atoms with Gasteiger partial charge in [0.2, 0.25) is 0 Å². The second-order valence-electron chi connectivity index (χ2n) is 7.26. The van der Waals surface area contributed by atoms with Crippen LogP contribution in [-0.4, -0.2) is 50.3 Å². The molecule has 0 bridgehead atoms. The molecule has 2 aromatic carbocycles. The van der Waals surface area contributed by atoms with Gasteiger partial charge in [-0.1, -0.05) is 12.1 Å². The van der Waals surface area contributed by atoms with Crippen LogP contribution in [0, 0.1) is 17.1 Å². The number of likely N-dealkylation sites (tertiary alicyclic amines) is 1. The zero-order chi connectivity index (χ0) is 21.7. The van der Waals surface area contributed by atoms with Crippen molar-refractivity contribution in [3.05, 3.63) is 58.9 Å². The first-order valence-electron chi connectivity index (χ1n) is 9.63. The van der Waals surface area contributed by atoms with Crippen molar-refractivity contribution in [1.29, 1.82) is 5.26 Å². The van der Waals surface area contributed by atoms with Crippen LogP contribution in [0.25, 0.3) is 0 Å². The van der Waals surface area contributed by atoms with Crippen LogP contribution in [0.5, 0.6) is 5.75 Å². The highest BCUT2D eigenvalue weighted by atomic mass is 19.1. The summed E-state index contributed by atoms with van der Waals surface area (Å²) in [5, 5.41) is 12.2. The van der Waals surface area contributed by atoms with Gasteiger partial charge in [0.15, 0.2) is 0 Å². The minimum atomic E-state index is -0.345. The zero-order valence-corrected chi connectivity index (χ0v) is 17.0. The molecule has 3 rings (SSSR count). The van der Waals surface area contributed by atoms with Gasteiger partial charge in [-0.3, -0.25) is 9.69 Å². The third kappa shape index (κ3) is 4.87. The van der Waals surface area contributed by atoms with Gasteiger partial charge in [-0.15, -0.1) is 0 Å². The fourth-order valence-corrected chi connectivity index (χ4v) is 3.66. The normalized spacial score (nSPS) is 19.1. The van der Waals surface area contributed by atoms with E-state index >= 15 is 0 Å². The van der Waals surface area contributed by atoms with Crippen LogP contribution in [0.3, 0.4) is 0 Å². The van der Waals surface area contributed by atoms with Crippen LogP contribution >= 0.6 is 0 Å². The maximum absolute atomic E-state index is 13.1. The highest BCUT2D eigenvalue weighted by molar-refractivity contribution is 5.98. The Morgan fingerprint density at radius 2 is 2.07 bits per heavy atom. The second-order valence-corrected chi connectivity index (χ2v) is 7.26. The molecule has 158 valence electrons. The molecule has 1 heterocycles. The number of anilines is 1. The molecule has 2 atom stereocenters. The Hall–Kier alpha value is -3.15. The van der Waals surface area contributed by atoms with E-state index in [-0.39, 0.29) is 40.7 Å². The molecule has 2 aromatic rings. The lowest BCUT2D eigenvalue weighted by atomic mass is 9.99. The van der Waals surface area contributed by atoms with Crippen LogP contribution < -0.4 is 15.8 Å². The molecule has 1 fully saturated rings. The maximum Gasteiger partial charge on any atom is 0.255 e. The minimum absolute atomic E-state index is 0.195. The van der Waals surface area contributed by atoms with Gasteiger partial charge in [0.1, 0.15) is 17.6 Å². The number of nitriles is 1. The first-order valence-corrected chi connectivity index (χ1v) is 9.63. The molecule has 30 heavy (non-hydrogen) atoms. The quantitative estimate of drug-likeness (QED) is 0.706. The summed E-state index contributed by atoms with van der Waals surface area (Å²) in [4.78, 5) is 15.1. The number of benzene rings is 2. The molecule has 1 amide bonds. The van der Waals surface area contributed by atoms with E-state index in [2.05, 4.69) is 10.2 Å². The summed E-state index contributed by atoms with van der Waals surface area (Å²) in [5.41, 5.74) is 7.56. The van der Waals surface area contributed by atoms with E-state index < -0.39 is 0 Å². The van der Waals surface area contributed by atoms with E-state index in [0.29, 0.717) is 25.3 Å². The summed E-state index contributed by atoms with van der Waals surface area (Å²) in [6.07, 6.45) is 0.478. The summed E-state index contributed by atoms with van der Waals surface area (Å²) >= 11 is 0. The SMILES string of the molecule is COc1cc(N)c(C#N)cc1C(=O)N[C@@H]1CCN(Cc2ccc(F)cc2)C[C@@H]1OC. The standard InChI is InChI=1S/C22H25FN4O3/c1-29-20-10-18(25)15(11-24)9-17(20)22(28)26-19-7-8-27(13-21(19)30-2)12-14-3-5-16(23)6-4-14/h3-6,9-10,19,21H,7-8,12-13,25H2,1-2H3,(H,26,28)/t19-,21+/m1/s1. The van der Waals surface area contributed by atoms with Crippen LogP contribution in [0.15, 0.2) is 36.4 Å². The van der Waals surface area contributed by atoms with E-state index in [1.54, 1.807) is 19.2 Å². The molecule has 3 N–H and O–H groups in total. The predicted octanol–water partition coefficient (Wildman–Crippen LogP) is 2.31. The Balaban J connectivity index is 1.68. The molecule has 0 unspecified atom stereocenters. The number of amides is 1. The minimum Gasteiger partial charge on any atom is -0.496 e. The van der Waals surface area contributed by atoms with Crippen molar-refractivity contribution in [2.75, 3.05) is 33.0 Å². The lowest BCUT2D eigenvalue weighted by Crippen LogP contribution is -2.54. The first kappa shape index (κ1) is 21.6. The molecule has 0 saturated carbocycles. The van der Waals surface area contributed by atoms with Gasteiger partial charge in [-0.25, -0.2) is 4.39 Å². The van der Waals surface area contributed by atoms with Crippen molar-refractivity contribution in [3.63, 3.8) is 0 Å². The lowest BCUT2D eigenvalue weighted by molar-refractivity contribution is 0.00387. The second kappa shape index (κ2) is 9.57. The van der Waals surface area contributed by atoms with E-state index in [9.17, 15) is 14.4 Å². The molecule has 1 aliphatic rings. The van der Waals surface area contributed by atoms with E-state index in [1.807, 2.05) is 6.07 Å². The number of nitrogen functional groups attached to an aromatic ring is 1. The van der Waals surface area contributed by atoms with Crippen molar-refractivity contribution in [2.45, 2.75) is 25.1 Å². The Labute approximate surface area is 175 Å². The van der Waals surface area contributed by atoms with Gasteiger partial charge in [0.25, 0.3) is 5.91 Å². The summed E-state index contributed by atoms with van der Waals surface area (Å²) < 4.78 is 24.0. The average molecular weight is 412 g/mol. The lowest BCUT2D eigenvalue weighted by Gasteiger charge is -2.38. The molecule has 0 spiro atoms. The first-order chi connectivity index (χ1) is 14.4. The number of ether oxygens (including phenoxy) is 2. The highest BCUT2D eigenvalue weighted by Crippen LogP contribution is 2.26. The van der Waals surface area contributed by atoms with E-state index in [1.165, 1.54) is 31.4 Å². The van der Waals surface area contributed by atoms with E-state index in [0.717, 1.165) is 12.1 Å². The predicted molar refractivity (Wildman–Crippen MR) is 110 cm³/mol. The fourth-order valence-electron chi connectivity index (χ4n) is 3.66. The summed E-state index contributed by atoms with van der Waals surface area (Å²) in [7, 11) is 3.06. The van der Waals surface area contributed by atoms with Crippen LogP contribution in [-0.2, 0) is 11.3 Å². The number of hydrogen-bond acceptors (Lipinski definition) is 6. The molecular formula is C22H25FN4O3. The number of carbonyl (C=O) groups excluding carboxylic acids is 1. The van der Waals surface area contributed by atoms with Gasteiger partial charge < -0.3 is 20.5 Å². The number of nitrogens with one attached hydrogen (secondary N) is 1. The molecule has 0 aromatic heterocycles. The van der Waals surface area contributed by atoms with Crippen LogP contribution in [0.4, 0.5) is 10.1 Å². The number of nitrogens with two attached hydrogens (primary N) is 1. The van der Waals surface area contributed by atoms with Crippen molar-refractivity contribution in [3.8, 4) is 11.8 Å². The van der Waals surface area contributed by atoms with Crippen molar-refractivity contribution < 1.29 is 18.7 Å². The number of nitrogens with zero attached hydrogens (tertiary/aromatic N) is 2. The third-order valence-corrected chi connectivity index (χ3v) is 5.32. The maximum atomic E-state index is 13.1. The van der Waals surface area contributed by atoms with Gasteiger partial charge in [-0.05, 0) is 30.2 Å². The largest absolute Gasteiger partial charge is 0.496 e. The molecule has 1 aliphatic heterocycles. The molecule has 0 radical (unpaired) electrons. The number of rotatable bonds is 6. The molecule has 8 heteroatoms. The van der Waals surface area contributed by atoms with E-state index in [4.69, 9.17) is 15.2 Å². The Bertz CT molecular complexity index is 943. The monoisotopic (exact) mass is 412 g/mol. The van der Waals surface area contributed by atoms with Crippen LogP contribution in [0.1, 0.15) is 27.9 Å². The number of halogens is 1. The van der Waals surface area contributed by atoms with Gasteiger partial charge in [0, 0.05) is 32.8 Å². The van der Waals surface area contributed by atoms with Gasteiger partial charge in [0.05, 0.1) is 36.1 Å². The summed E-state index contributed by atoms with van der Waals surface area (Å²) in [6.45, 7) is 2.06. The number of methoxy groups -OCH3 is 2. The number of carbonyl (C=O) groups is 1. The molecular weight excluding hydrogens is 387 g/mol. The molecule has 7 nitrogen and oxygen atoms in total. The average Bonchev–Trinajstić information content (AvgIpc) is 2.75. The van der Waals surface area contributed by atoms with Gasteiger partial charge >= 0.3 is 0 Å². The highest BCUT2D eigenvalue weighted by Gasteiger charge is 2.31. The Kier molecular flexibility index (Phi) is 6.87. The Morgan fingerprint density at radius 1 is 1.33 bits per heavy atom. The number of piperidine rings is 1. The Morgan fingerprint density at radius 3 is 2.70 bits per heavy atom. The van der Waals surface area contributed by atoms with Crippen molar-refractivity contribution in [1.82, 2.24) is 10.2 Å². The van der Waals surface area contributed by atoms with Crippen molar-refractivity contribution >= 4 is 11.6 Å². The summed E-state index contributed by atoms with van der Waals surface area (Å²) in [5.74, 6) is -0.290. The van der Waals surface area contributed by atoms with Crippen molar-refractivity contribution in [2.24, 2.45) is 0 Å². The zero-order valence-electron chi connectivity index (χ0n) is 17.0. The molecule has 1 saturated heterocycles. The summed E-state index contributed by atoms with van der Waals surface area (Å²) in [6, 6.07) is 11.1. The third-order valence-electron chi connectivity index (χ3n) is 5.32.